The molecule has 0 aromatic heterocycles. The molecule has 0 aliphatic carbocycles. The van der Waals surface area contributed by atoms with Crippen molar-refractivity contribution >= 4 is 17.5 Å². The number of hydrogen-bond acceptors (Lipinski definition) is 2. The summed E-state index contributed by atoms with van der Waals surface area (Å²) in [6.07, 6.45) is -9.19. The van der Waals surface area contributed by atoms with Gasteiger partial charge in [0.25, 0.3) is 0 Å². The van der Waals surface area contributed by atoms with E-state index in [1.165, 1.54) is 11.8 Å². The molecule has 1 aliphatic heterocycles. The van der Waals surface area contributed by atoms with E-state index in [1.807, 2.05) is 0 Å². The molecule has 0 saturated carbocycles. The Morgan fingerprint density at radius 3 is 2.00 bits per heavy atom. The van der Waals surface area contributed by atoms with E-state index in [0.29, 0.717) is 25.1 Å². The third-order valence-electron chi connectivity index (χ3n) is 3.82. The van der Waals surface area contributed by atoms with Gasteiger partial charge in [-0.1, -0.05) is 0 Å². The highest BCUT2D eigenvalue weighted by Gasteiger charge is 2.38. The van der Waals surface area contributed by atoms with Crippen LogP contribution in [-0.4, -0.2) is 29.3 Å². The van der Waals surface area contributed by atoms with Crippen LogP contribution in [-0.2, 0) is 21.9 Å². The molecular formula is C15H14F6N2O2. The summed E-state index contributed by atoms with van der Waals surface area (Å²) in [6.45, 7) is 1.54. The first-order chi connectivity index (χ1) is 11.4. The zero-order valence-electron chi connectivity index (χ0n) is 13.0. The summed E-state index contributed by atoms with van der Waals surface area (Å²) in [7, 11) is 0. The third-order valence-corrected chi connectivity index (χ3v) is 3.82. The Labute approximate surface area is 138 Å². The molecule has 25 heavy (non-hydrogen) atoms. The van der Waals surface area contributed by atoms with Crippen molar-refractivity contribution in [2.75, 3.05) is 11.9 Å². The van der Waals surface area contributed by atoms with Gasteiger partial charge >= 0.3 is 12.4 Å². The van der Waals surface area contributed by atoms with Crippen molar-refractivity contribution in [3.05, 3.63) is 29.3 Å². The van der Waals surface area contributed by atoms with Gasteiger partial charge in [0.1, 0.15) is 6.04 Å². The van der Waals surface area contributed by atoms with Crippen molar-refractivity contribution in [1.29, 1.82) is 0 Å². The van der Waals surface area contributed by atoms with Crippen LogP contribution >= 0.6 is 0 Å². The van der Waals surface area contributed by atoms with E-state index in [2.05, 4.69) is 5.32 Å². The summed E-state index contributed by atoms with van der Waals surface area (Å²) in [5.74, 6) is -1.21. The number of alkyl halides is 6. The Kier molecular flexibility index (Phi) is 5.01. The molecule has 138 valence electrons. The number of amides is 2. The second-order valence-electron chi connectivity index (χ2n) is 5.65. The smallest absolute Gasteiger partial charge is 0.331 e. The maximum absolute atomic E-state index is 12.8. The number of nitrogens with zero attached hydrogens (tertiary/aromatic N) is 1. The SMILES string of the molecule is CC(=O)N1CCC[C@H]1C(=O)Nc1cc(C(F)(F)F)cc(C(F)(F)F)c1. The van der Waals surface area contributed by atoms with E-state index in [9.17, 15) is 35.9 Å². The van der Waals surface area contributed by atoms with Gasteiger partial charge in [-0.15, -0.1) is 0 Å². The van der Waals surface area contributed by atoms with Crippen LogP contribution in [0.4, 0.5) is 32.0 Å². The van der Waals surface area contributed by atoms with Crippen molar-refractivity contribution in [3.8, 4) is 0 Å². The minimum absolute atomic E-state index is 0.0207. The summed E-state index contributed by atoms with van der Waals surface area (Å²) in [4.78, 5) is 24.8. The molecule has 2 rings (SSSR count). The van der Waals surface area contributed by atoms with E-state index in [4.69, 9.17) is 0 Å². The molecule has 0 bridgehead atoms. The van der Waals surface area contributed by atoms with Crippen molar-refractivity contribution in [2.24, 2.45) is 0 Å². The van der Waals surface area contributed by atoms with Gasteiger partial charge in [-0.05, 0) is 31.0 Å². The topological polar surface area (TPSA) is 49.4 Å². The normalized spacial score (nSPS) is 18.4. The first kappa shape index (κ1) is 19.1. The Morgan fingerprint density at radius 1 is 1.04 bits per heavy atom. The van der Waals surface area contributed by atoms with Crippen molar-refractivity contribution in [3.63, 3.8) is 0 Å². The second-order valence-corrected chi connectivity index (χ2v) is 5.65. The van der Waals surface area contributed by atoms with E-state index < -0.39 is 47.0 Å². The van der Waals surface area contributed by atoms with Crippen LogP contribution in [0.2, 0.25) is 0 Å². The zero-order valence-corrected chi connectivity index (χ0v) is 13.0. The minimum atomic E-state index is -5.00. The molecule has 1 N–H and O–H groups in total. The first-order valence-electron chi connectivity index (χ1n) is 7.27. The van der Waals surface area contributed by atoms with E-state index >= 15 is 0 Å². The highest BCUT2D eigenvalue weighted by Crippen LogP contribution is 2.37. The highest BCUT2D eigenvalue weighted by atomic mass is 19.4. The number of nitrogens with one attached hydrogen (secondary N) is 1. The number of rotatable bonds is 2. The fourth-order valence-electron chi connectivity index (χ4n) is 2.67. The van der Waals surface area contributed by atoms with Crippen LogP contribution in [0.3, 0.4) is 0 Å². The van der Waals surface area contributed by atoms with E-state index in [-0.39, 0.29) is 12.5 Å². The standard InChI is InChI=1S/C15H14F6N2O2/c1-8(24)23-4-2-3-12(23)13(25)22-11-6-9(14(16,17)18)5-10(7-11)15(19,20)21/h5-7,12H,2-4H2,1H3,(H,22,25)/t12-/m0/s1. The lowest BCUT2D eigenvalue weighted by Gasteiger charge is -2.23. The maximum atomic E-state index is 12.8. The fraction of sp³-hybridized carbons (Fsp3) is 0.467. The monoisotopic (exact) mass is 368 g/mol. The zero-order chi connectivity index (χ0) is 19.0. The van der Waals surface area contributed by atoms with Gasteiger partial charge in [-0.25, -0.2) is 0 Å². The van der Waals surface area contributed by atoms with Crippen LogP contribution in [0.15, 0.2) is 18.2 Å². The van der Waals surface area contributed by atoms with Gasteiger partial charge in [0, 0.05) is 19.2 Å². The third kappa shape index (κ3) is 4.43. The lowest BCUT2D eigenvalue weighted by atomic mass is 10.1. The number of halogens is 6. The predicted octanol–water partition coefficient (Wildman–Crippen LogP) is 3.67. The summed E-state index contributed by atoms with van der Waals surface area (Å²) >= 11 is 0. The molecule has 1 fully saturated rings. The molecule has 4 nitrogen and oxygen atoms in total. The van der Waals surface area contributed by atoms with Crippen molar-refractivity contribution < 1.29 is 35.9 Å². The van der Waals surface area contributed by atoms with Crippen molar-refractivity contribution in [1.82, 2.24) is 4.90 Å². The molecule has 1 saturated heterocycles. The van der Waals surface area contributed by atoms with Gasteiger partial charge in [-0.2, -0.15) is 26.3 Å². The highest BCUT2D eigenvalue weighted by molar-refractivity contribution is 5.97. The Morgan fingerprint density at radius 2 is 1.56 bits per heavy atom. The Hall–Kier alpha value is -2.26. The Balaban J connectivity index is 2.32. The van der Waals surface area contributed by atoms with E-state index in [0.717, 1.165) is 0 Å². The number of benzene rings is 1. The molecule has 0 spiro atoms. The summed E-state index contributed by atoms with van der Waals surface area (Å²) in [6, 6.07) is -0.0746. The fourth-order valence-corrected chi connectivity index (χ4v) is 2.67. The van der Waals surface area contributed by atoms with Crippen LogP contribution in [0.25, 0.3) is 0 Å². The van der Waals surface area contributed by atoms with Crippen LogP contribution in [0, 0.1) is 0 Å². The average Bonchev–Trinajstić information content (AvgIpc) is 2.94. The summed E-state index contributed by atoms with van der Waals surface area (Å²) in [5.41, 5.74) is -3.66. The summed E-state index contributed by atoms with van der Waals surface area (Å²) in [5, 5.41) is 2.06. The van der Waals surface area contributed by atoms with Gasteiger partial charge in [0.15, 0.2) is 0 Å². The van der Waals surface area contributed by atoms with Crippen LogP contribution in [0.1, 0.15) is 30.9 Å². The van der Waals surface area contributed by atoms with Gasteiger partial charge in [0.2, 0.25) is 11.8 Å². The molecule has 10 heteroatoms. The lowest BCUT2D eigenvalue weighted by Crippen LogP contribution is -2.42. The Bertz CT molecular complexity index is 651. The van der Waals surface area contributed by atoms with Crippen molar-refractivity contribution in [2.45, 2.75) is 38.2 Å². The number of carbonyl (C=O) groups is 2. The largest absolute Gasteiger partial charge is 0.416 e. The molecule has 0 radical (unpaired) electrons. The number of anilines is 1. The molecule has 2 amide bonds. The molecule has 0 unspecified atom stereocenters. The van der Waals surface area contributed by atoms with Gasteiger partial charge in [0.05, 0.1) is 11.1 Å². The first-order valence-corrected chi connectivity index (χ1v) is 7.27. The van der Waals surface area contributed by atoms with Crippen LogP contribution in [0.5, 0.6) is 0 Å². The van der Waals surface area contributed by atoms with E-state index in [1.54, 1.807) is 0 Å². The minimum Gasteiger partial charge on any atom is -0.331 e. The second kappa shape index (κ2) is 6.57. The molecule has 1 atom stereocenters. The molecule has 1 aliphatic rings. The molecule has 1 aromatic carbocycles. The van der Waals surface area contributed by atoms with Gasteiger partial charge in [-0.3, -0.25) is 9.59 Å². The van der Waals surface area contributed by atoms with Gasteiger partial charge < -0.3 is 10.2 Å². The predicted molar refractivity (Wildman–Crippen MR) is 75.5 cm³/mol. The number of carbonyl (C=O) groups excluding carboxylic acids is 2. The lowest BCUT2D eigenvalue weighted by molar-refractivity contribution is -0.143. The number of hydrogen-bond donors (Lipinski definition) is 1. The molecule has 1 aromatic rings. The molecule has 1 heterocycles. The quantitative estimate of drug-likeness (QED) is 0.810. The number of likely N-dealkylation sites (tertiary alicyclic amines) is 1. The molecular weight excluding hydrogens is 354 g/mol. The average molecular weight is 368 g/mol. The maximum Gasteiger partial charge on any atom is 0.416 e. The van der Waals surface area contributed by atoms with Crippen LogP contribution < -0.4 is 5.32 Å². The summed E-state index contributed by atoms with van der Waals surface area (Å²) < 4.78 is 76.9.